The first-order valence-corrected chi connectivity index (χ1v) is 5.26. The first-order valence-electron chi connectivity index (χ1n) is 5.26. The van der Waals surface area contributed by atoms with Crippen molar-refractivity contribution in [3.8, 4) is 5.75 Å². The van der Waals surface area contributed by atoms with Gasteiger partial charge in [0.1, 0.15) is 11.4 Å². The zero-order valence-electron chi connectivity index (χ0n) is 10.2. The van der Waals surface area contributed by atoms with Crippen LogP contribution in [-0.4, -0.2) is 23.3 Å². The number of halogens is 3. The lowest BCUT2D eigenvalue weighted by Crippen LogP contribution is -2.24. The van der Waals surface area contributed by atoms with E-state index in [1.165, 1.54) is 12.1 Å². The number of benzene rings is 1. The smallest absolute Gasteiger partial charge is 0.477 e. The van der Waals surface area contributed by atoms with E-state index in [0.29, 0.717) is 5.56 Å². The fourth-order valence-corrected chi connectivity index (χ4v) is 1.27. The molecule has 0 heterocycles. The number of amides is 1. The van der Waals surface area contributed by atoms with Gasteiger partial charge >= 0.3 is 12.3 Å². The SMILES string of the molecule is CC(=O)N/C(=C/c1ccc(OC(F)(F)F)cc1)C(=O)O. The van der Waals surface area contributed by atoms with E-state index < -0.39 is 24.0 Å². The summed E-state index contributed by atoms with van der Waals surface area (Å²) in [5.41, 5.74) is -0.0901. The number of carboxylic acids is 1. The summed E-state index contributed by atoms with van der Waals surface area (Å²) >= 11 is 0. The monoisotopic (exact) mass is 289 g/mol. The van der Waals surface area contributed by atoms with Crippen LogP contribution in [0.15, 0.2) is 30.0 Å². The minimum absolute atomic E-state index is 0.297. The maximum atomic E-state index is 11.9. The molecule has 5 nitrogen and oxygen atoms in total. The molecule has 2 N–H and O–H groups in total. The van der Waals surface area contributed by atoms with E-state index in [9.17, 15) is 22.8 Å². The number of alkyl halides is 3. The van der Waals surface area contributed by atoms with Crippen molar-refractivity contribution in [2.45, 2.75) is 13.3 Å². The highest BCUT2D eigenvalue weighted by molar-refractivity contribution is 5.96. The van der Waals surface area contributed by atoms with Gasteiger partial charge in [-0.1, -0.05) is 12.1 Å². The second-order valence-electron chi connectivity index (χ2n) is 3.66. The molecular formula is C12H10F3NO4. The molecule has 1 aromatic carbocycles. The van der Waals surface area contributed by atoms with Gasteiger partial charge in [0, 0.05) is 6.92 Å². The molecule has 1 aromatic rings. The largest absolute Gasteiger partial charge is 0.573 e. The number of carbonyl (C=O) groups is 2. The van der Waals surface area contributed by atoms with E-state index in [4.69, 9.17) is 5.11 Å². The van der Waals surface area contributed by atoms with E-state index in [1.807, 2.05) is 0 Å². The number of carboxylic acid groups (broad SMARTS) is 1. The number of rotatable bonds is 4. The van der Waals surface area contributed by atoms with E-state index in [0.717, 1.165) is 25.1 Å². The number of carbonyl (C=O) groups excluding carboxylic acids is 1. The Balaban J connectivity index is 2.91. The van der Waals surface area contributed by atoms with Gasteiger partial charge in [0.2, 0.25) is 5.91 Å². The van der Waals surface area contributed by atoms with Crippen LogP contribution in [0, 0.1) is 0 Å². The van der Waals surface area contributed by atoms with Gasteiger partial charge in [-0.2, -0.15) is 0 Å². The lowest BCUT2D eigenvalue weighted by Gasteiger charge is -2.08. The van der Waals surface area contributed by atoms with Crippen molar-refractivity contribution < 1.29 is 32.6 Å². The minimum Gasteiger partial charge on any atom is -0.477 e. The average molecular weight is 289 g/mol. The Labute approximate surface area is 111 Å². The third kappa shape index (κ3) is 5.42. The number of ether oxygens (including phenoxy) is 1. The molecule has 0 aromatic heterocycles. The highest BCUT2D eigenvalue weighted by Gasteiger charge is 2.30. The van der Waals surface area contributed by atoms with Gasteiger partial charge in [-0.05, 0) is 23.8 Å². The standard InChI is InChI=1S/C12H10F3NO4/c1-7(17)16-10(11(18)19)6-8-2-4-9(5-3-8)20-12(13,14)15/h2-6H,1H3,(H,16,17)(H,18,19)/b10-6+. The third-order valence-electron chi connectivity index (χ3n) is 1.97. The van der Waals surface area contributed by atoms with Gasteiger partial charge in [0.05, 0.1) is 0 Å². The number of nitrogens with one attached hydrogen (secondary N) is 1. The van der Waals surface area contributed by atoms with Gasteiger partial charge in [-0.25, -0.2) is 4.79 Å². The van der Waals surface area contributed by atoms with Crippen LogP contribution >= 0.6 is 0 Å². The van der Waals surface area contributed by atoms with Gasteiger partial charge in [0.15, 0.2) is 0 Å². The molecule has 20 heavy (non-hydrogen) atoms. The molecular weight excluding hydrogens is 279 g/mol. The summed E-state index contributed by atoms with van der Waals surface area (Å²) in [6.45, 7) is 1.14. The molecule has 108 valence electrons. The zero-order chi connectivity index (χ0) is 15.3. The molecule has 0 atom stereocenters. The number of hydrogen-bond donors (Lipinski definition) is 2. The molecule has 0 aliphatic carbocycles. The van der Waals surface area contributed by atoms with Crippen molar-refractivity contribution in [3.05, 3.63) is 35.5 Å². The second-order valence-corrected chi connectivity index (χ2v) is 3.66. The van der Waals surface area contributed by atoms with Crippen LogP contribution in [0.1, 0.15) is 12.5 Å². The maximum absolute atomic E-state index is 11.9. The number of hydrogen-bond acceptors (Lipinski definition) is 3. The fourth-order valence-electron chi connectivity index (χ4n) is 1.27. The van der Waals surface area contributed by atoms with Crippen LogP contribution in [-0.2, 0) is 9.59 Å². The molecule has 0 spiro atoms. The summed E-state index contributed by atoms with van der Waals surface area (Å²) in [6, 6.07) is 4.52. The van der Waals surface area contributed by atoms with Gasteiger partial charge in [-0.3, -0.25) is 4.79 Å². The Morgan fingerprint density at radius 1 is 1.25 bits per heavy atom. The average Bonchev–Trinajstić information content (AvgIpc) is 2.28. The van der Waals surface area contributed by atoms with Gasteiger partial charge in [-0.15, -0.1) is 13.2 Å². The summed E-state index contributed by atoms with van der Waals surface area (Å²) in [5.74, 6) is -2.36. The minimum atomic E-state index is -4.79. The predicted molar refractivity (Wildman–Crippen MR) is 62.6 cm³/mol. The molecule has 0 fully saturated rings. The Kier molecular flexibility index (Phi) is 4.73. The highest BCUT2D eigenvalue weighted by Crippen LogP contribution is 2.23. The van der Waals surface area contributed by atoms with Crippen molar-refractivity contribution in [2.75, 3.05) is 0 Å². The lowest BCUT2D eigenvalue weighted by atomic mass is 10.2. The fraction of sp³-hybridized carbons (Fsp3) is 0.167. The Bertz CT molecular complexity index is 535. The third-order valence-corrected chi connectivity index (χ3v) is 1.97. The summed E-state index contributed by atoms with van der Waals surface area (Å²) in [7, 11) is 0. The van der Waals surface area contributed by atoms with Crippen LogP contribution in [0.25, 0.3) is 6.08 Å². The predicted octanol–water partition coefficient (Wildman–Crippen LogP) is 2.15. The van der Waals surface area contributed by atoms with Crippen molar-refractivity contribution in [2.24, 2.45) is 0 Å². The normalized spacial score (nSPS) is 11.9. The van der Waals surface area contributed by atoms with Crippen LogP contribution in [0.2, 0.25) is 0 Å². The molecule has 1 rings (SSSR count). The van der Waals surface area contributed by atoms with Crippen molar-refractivity contribution in [1.29, 1.82) is 0 Å². The molecule has 0 bridgehead atoms. The Morgan fingerprint density at radius 3 is 2.20 bits per heavy atom. The van der Waals surface area contributed by atoms with Crippen molar-refractivity contribution >= 4 is 18.0 Å². The zero-order valence-corrected chi connectivity index (χ0v) is 10.2. The summed E-state index contributed by atoms with van der Waals surface area (Å²) in [5, 5.41) is 10.9. The van der Waals surface area contributed by atoms with E-state index >= 15 is 0 Å². The Morgan fingerprint density at radius 2 is 1.80 bits per heavy atom. The summed E-state index contributed by atoms with van der Waals surface area (Å²) < 4.78 is 39.5. The van der Waals surface area contributed by atoms with Gasteiger partial charge in [0.25, 0.3) is 0 Å². The van der Waals surface area contributed by atoms with Crippen LogP contribution in [0.3, 0.4) is 0 Å². The molecule has 0 saturated carbocycles. The number of aliphatic carboxylic acids is 1. The lowest BCUT2D eigenvalue weighted by molar-refractivity contribution is -0.274. The van der Waals surface area contributed by atoms with Crippen LogP contribution in [0.5, 0.6) is 5.75 Å². The quantitative estimate of drug-likeness (QED) is 0.833. The van der Waals surface area contributed by atoms with Crippen LogP contribution in [0.4, 0.5) is 13.2 Å². The van der Waals surface area contributed by atoms with E-state index in [1.54, 1.807) is 0 Å². The second kappa shape index (κ2) is 6.09. The van der Waals surface area contributed by atoms with E-state index in [-0.39, 0.29) is 5.70 Å². The topological polar surface area (TPSA) is 75.6 Å². The molecule has 8 heteroatoms. The molecule has 0 unspecified atom stereocenters. The van der Waals surface area contributed by atoms with Gasteiger partial charge < -0.3 is 15.2 Å². The molecule has 0 aliphatic rings. The highest BCUT2D eigenvalue weighted by atomic mass is 19.4. The molecule has 0 saturated heterocycles. The molecule has 0 radical (unpaired) electrons. The summed E-state index contributed by atoms with van der Waals surface area (Å²) in [6.07, 6.45) is -3.68. The van der Waals surface area contributed by atoms with Crippen LogP contribution < -0.4 is 10.1 Å². The summed E-state index contributed by atoms with van der Waals surface area (Å²) in [4.78, 5) is 21.6. The van der Waals surface area contributed by atoms with Crippen molar-refractivity contribution in [3.63, 3.8) is 0 Å². The molecule has 1 amide bonds. The Hall–Kier alpha value is -2.51. The first-order chi connectivity index (χ1) is 9.17. The maximum Gasteiger partial charge on any atom is 0.573 e. The molecule has 0 aliphatic heterocycles. The first kappa shape index (κ1) is 15.5. The van der Waals surface area contributed by atoms with E-state index in [2.05, 4.69) is 10.1 Å². The van der Waals surface area contributed by atoms with Crippen molar-refractivity contribution in [1.82, 2.24) is 5.32 Å².